The molecule has 2 nitrogen and oxygen atoms in total. The minimum atomic E-state index is 0. The Kier molecular flexibility index (Phi) is 36.6. The monoisotopic (exact) mass is 235 g/mol. The molecule has 0 saturated carbocycles. The van der Waals surface area contributed by atoms with E-state index in [-0.39, 0.29) is 32.7 Å². The number of rotatable bonds is 4. The third-order valence-electron chi connectivity index (χ3n) is 0.667. The third-order valence-corrected chi connectivity index (χ3v) is 0.667. The molecular formula is C8H18O2Y-2. The molecule has 0 fully saturated rings. The van der Waals surface area contributed by atoms with Gasteiger partial charge >= 0.3 is 0 Å². The molecule has 0 rings (SSSR count). The van der Waals surface area contributed by atoms with Crippen molar-refractivity contribution in [3.05, 3.63) is 13.2 Å². The first kappa shape index (κ1) is 17.9. The van der Waals surface area contributed by atoms with Crippen molar-refractivity contribution in [2.75, 3.05) is 13.2 Å². The van der Waals surface area contributed by atoms with Gasteiger partial charge in [-0.1, -0.05) is 0 Å². The van der Waals surface area contributed by atoms with Crippen molar-refractivity contribution < 1.29 is 42.2 Å². The van der Waals surface area contributed by atoms with E-state index in [9.17, 15) is 0 Å². The van der Waals surface area contributed by atoms with Crippen LogP contribution < -0.4 is 0 Å². The number of hydrogen-bond acceptors (Lipinski definition) is 2. The number of hydrogen-bond donors (Lipinski definition) is 0. The van der Waals surface area contributed by atoms with Crippen molar-refractivity contribution in [3.8, 4) is 0 Å². The summed E-state index contributed by atoms with van der Waals surface area (Å²) in [6.45, 7) is 12.6. The summed E-state index contributed by atoms with van der Waals surface area (Å²) in [5.41, 5.74) is 0. The SMILES string of the molecule is C[CH-]OCC.C[CH-]OCC.[Y]. The molecule has 0 aliphatic rings. The molecule has 0 aliphatic carbocycles. The molecule has 0 atom stereocenters. The van der Waals surface area contributed by atoms with Crippen LogP contribution in [0.25, 0.3) is 0 Å². The second kappa shape index (κ2) is 22.5. The molecule has 1 radical (unpaired) electrons. The molecule has 0 aromatic heterocycles. The van der Waals surface area contributed by atoms with Crippen LogP contribution in [0.1, 0.15) is 27.7 Å². The van der Waals surface area contributed by atoms with Gasteiger partial charge in [0.2, 0.25) is 0 Å². The molecule has 0 aromatic carbocycles. The zero-order valence-electron chi connectivity index (χ0n) is 7.96. The summed E-state index contributed by atoms with van der Waals surface area (Å²) in [7, 11) is 0. The van der Waals surface area contributed by atoms with E-state index in [1.54, 1.807) is 13.2 Å². The summed E-state index contributed by atoms with van der Waals surface area (Å²) in [6, 6.07) is 0. The van der Waals surface area contributed by atoms with Crippen molar-refractivity contribution >= 4 is 0 Å². The Labute approximate surface area is 95.9 Å². The van der Waals surface area contributed by atoms with Gasteiger partial charge in [0.25, 0.3) is 0 Å². The quantitative estimate of drug-likeness (QED) is 0.696. The Morgan fingerprint density at radius 2 is 1.18 bits per heavy atom. The topological polar surface area (TPSA) is 18.5 Å². The molecule has 0 heterocycles. The third kappa shape index (κ3) is 35.6. The molecule has 67 valence electrons. The van der Waals surface area contributed by atoms with Crippen molar-refractivity contribution in [3.63, 3.8) is 0 Å². The fourth-order valence-electron chi connectivity index (χ4n) is 0.333. The molecule has 0 N–H and O–H groups in total. The molecule has 0 aliphatic heterocycles. The van der Waals surface area contributed by atoms with Crippen LogP contribution in [0.5, 0.6) is 0 Å². The van der Waals surface area contributed by atoms with E-state index < -0.39 is 0 Å². The van der Waals surface area contributed by atoms with Gasteiger partial charge in [0.1, 0.15) is 0 Å². The van der Waals surface area contributed by atoms with Crippen LogP contribution in [-0.4, -0.2) is 13.2 Å². The smallest absolute Gasteiger partial charge is 0.00825 e. The van der Waals surface area contributed by atoms with Gasteiger partial charge in [-0.2, -0.15) is 13.8 Å². The van der Waals surface area contributed by atoms with E-state index in [1.807, 2.05) is 27.7 Å². The van der Waals surface area contributed by atoms with Gasteiger partial charge < -0.3 is 9.47 Å². The molecule has 0 amide bonds. The minimum Gasteiger partial charge on any atom is -0.552 e. The molecule has 3 heteroatoms. The summed E-state index contributed by atoms with van der Waals surface area (Å²) in [5.74, 6) is 0. The Bertz CT molecular complexity index is 33.1. The Morgan fingerprint density at radius 3 is 1.18 bits per heavy atom. The average molecular weight is 235 g/mol. The van der Waals surface area contributed by atoms with Gasteiger partial charge in [0, 0.05) is 45.9 Å². The number of ether oxygens (including phenoxy) is 2. The zero-order valence-corrected chi connectivity index (χ0v) is 10.8. The van der Waals surface area contributed by atoms with Crippen molar-refractivity contribution in [1.29, 1.82) is 0 Å². The Hall–Kier alpha value is 1.02. The molecular weight excluding hydrogens is 217 g/mol. The summed E-state index contributed by atoms with van der Waals surface area (Å²) < 4.78 is 9.42. The fraction of sp³-hybridized carbons (Fsp3) is 0.750. The van der Waals surface area contributed by atoms with E-state index in [0.29, 0.717) is 0 Å². The normalized spacial score (nSPS) is 7.64. The fourth-order valence-corrected chi connectivity index (χ4v) is 0.333. The van der Waals surface area contributed by atoms with Crippen LogP contribution in [-0.2, 0) is 42.2 Å². The molecule has 0 bridgehead atoms. The summed E-state index contributed by atoms with van der Waals surface area (Å²) in [6.07, 6.45) is 0. The van der Waals surface area contributed by atoms with E-state index in [1.165, 1.54) is 0 Å². The Balaban J connectivity index is -0.000000107. The first-order valence-corrected chi connectivity index (χ1v) is 3.62. The summed E-state index contributed by atoms with van der Waals surface area (Å²) in [5, 5.41) is 0. The summed E-state index contributed by atoms with van der Waals surface area (Å²) in [4.78, 5) is 0. The van der Waals surface area contributed by atoms with Crippen molar-refractivity contribution in [2.45, 2.75) is 27.7 Å². The van der Waals surface area contributed by atoms with Crippen molar-refractivity contribution in [1.82, 2.24) is 0 Å². The molecule has 11 heavy (non-hydrogen) atoms. The van der Waals surface area contributed by atoms with E-state index >= 15 is 0 Å². The van der Waals surface area contributed by atoms with Gasteiger partial charge in [-0.15, -0.1) is 0 Å². The van der Waals surface area contributed by atoms with Crippen LogP contribution in [0.2, 0.25) is 0 Å². The van der Waals surface area contributed by atoms with E-state index in [4.69, 9.17) is 9.47 Å². The van der Waals surface area contributed by atoms with Gasteiger partial charge in [0.15, 0.2) is 0 Å². The van der Waals surface area contributed by atoms with Crippen LogP contribution in [0, 0.1) is 13.2 Å². The van der Waals surface area contributed by atoms with Gasteiger partial charge in [-0.25, -0.2) is 13.2 Å². The van der Waals surface area contributed by atoms with Crippen LogP contribution in [0.3, 0.4) is 0 Å². The van der Waals surface area contributed by atoms with Gasteiger partial charge in [-0.3, -0.25) is 0 Å². The first-order chi connectivity index (χ1) is 4.83. The molecule has 0 spiro atoms. The van der Waals surface area contributed by atoms with Gasteiger partial charge in [-0.05, 0) is 13.8 Å². The predicted molar refractivity (Wildman–Crippen MR) is 43.2 cm³/mol. The minimum absolute atomic E-state index is 0. The van der Waals surface area contributed by atoms with E-state index in [0.717, 1.165) is 13.2 Å². The second-order valence-corrected chi connectivity index (χ2v) is 1.38. The zero-order chi connectivity index (χ0) is 8.24. The maximum Gasteiger partial charge on any atom is 0.00825 e. The van der Waals surface area contributed by atoms with Crippen LogP contribution >= 0.6 is 0 Å². The molecule has 0 unspecified atom stereocenters. The van der Waals surface area contributed by atoms with Gasteiger partial charge in [0.05, 0.1) is 0 Å². The van der Waals surface area contributed by atoms with Crippen molar-refractivity contribution in [2.24, 2.45) is 0 Å². The summed E-state index contributed by atoms with van der Waals surface area (Å²) >= 11 is 0. The maximum absolute atomic E-state index is 4.71. The van der Waals surface area contributed by atoms with E-state index in [2.05, 4.69) is 0 Å². The van der Waals surface area contributed by atoms with Crippen LogP contribution in [0.15, 0.2) is 0 Å². The largest absolute Gasteiger partial charge is 0.552 e. The molecule has 0 saturated heterocycles. The maximum atomic E-state index is 4.71. The molecule has 0 aromatic rings. The average Bonchev–Trinajstić information content (AvgIpc) is 1.93. The van der Waals surface area contributed by atoms with Crippen LogP contribution in [0.4, 0.5) is 0 Å². The standard InChI is InChI=1S/2C4H9O.Y/c2*1-3-5-4-2;/h2*3H,4H2,1-2H3;/q2*-1;. The Morgan fingerprint density at radius 1 is 0.909 bits per heavy atom. The predicted octanol–water partition coefficient (Wildman–Crippen LogP) is 2.41. The second-order valence-electron chi connectivity index (χ2n) is 1.38. The first-order valence-electron chi connectivity index (χ1n) is 3.62.